The molecule has 1 saturated heterocycles. The number of hydrogen-bond acceptors (Lipinski definition) is 7. The van der Waals surface area contributed by atoms with E-state index in [0.29, 0.717) is 36.6 Å². The minimum atomic E-state index is -0.143. The summed E-state index contributed by atoms with van der Waals surface area (Å²) < 4.78 is 10.9. The number of anilines is 1. The maximum atomic E-state index is 13.6. The topological polar surface area (TPSA) is 97.5 Å². The highest BCUT2D eigenvalue weighted by Crippen LogP contribution is 2.38. The highest BCUT2D eigenvalue weighted by Gasteiger charge is 2.43. The number of allylic oxidation sites excluding steroid dienone is 2. The first-order chi connectivity index (χ1) is 18.8. The van der Waals surface area contributed by atoms with Crippen LogP contribution >= 0.6 is 23.2 Å². The first kappa shape index (κ1) is 27.5. The van der Waals surface area contributed by atoms with E-state index in [1.165, 1.54) is 0 Å². The van der Waals surface area contributed by atoms with Gasteiger partial charge in [-0.05, 0) is 56.0 Å². The lowest BCUT2D eigenvalue weighted by molar-refractivity contribution is -0.141. The van der Waals surface area contributed by atoms with E-state index >= 15 is 0 Å². The second-order valence-electron chi connectivity index (χ2n) is 10.2. The Labute approximate surface area is 238 Å². The van der Waals surface area contributed by atoms with Gasteiger partial charge in [0.1, 0.15) is 0 Å². The molecule has 3 aliphatic rings. The summed E-state index contributed by atoms with van der Waals surface area (Å²) in [5.41, 5.74) is 8.34. The van der Waals surface area contributed by atoms with Gasteiger partial charge in [-0.25, -0.2) is 5.01 Å². The van der Waals surface area contributed by atoms with Gasteiger partial charge in [0.2, 0.25) is 5.91 Å². The van der Waals surface area contributed by atoms with Crippen molar-refractivity contribution in [2.75, 3.05) is 39.6 Å². The van der Waals surface area contributed by atoms with Crippen LogP contribution in [0.2, 0.25) is 10.0 Å². The minimum absolute atomic E-state index is 0.0214. The van der Waals surface area contributed by atoms with Crippen molar-refractivity contribution in [3.63, 3.8) is 0 Å². The van der Waals surface area contributed by atoms with Crippen LogP contribution < -0.4 is 15.2 Å². The Morgan fingerprint density at radius 3 is 2.28 bits per heavy atom. The molecule has 2 aliphatic heterocycles. The van der Waals surface area contributed by atoms with E-state index in [1.807, 2.05) is 18.2 Å². The van der Waals surface area contributed by atoms with Crippen LogP contribution in [0.15, 0.2) is 47.6 Å². The number of ether oxygens (including phenoxy) is 2. The maximum absolute atomic E-state index is 13.6. The van der Waals surface area contributed by atoms with Crippen LogP contribution in [0.3, 0.4) is 0 Å². The van der Waals surface area contributed by atoms with Crippen molar-refractivity contribution in [2.45, 2.75) is 31.7 Å². The number of halogens is 2. The molecule has 0 radical (unpaired) electrons. The quantitative estimate of drug-likeness (QED) is 0.283. The largest absolute Gasteiger partial charge is 0.493 e. The number of benzene rings is 2. The number of ketones is 1. The van der Waals surface area contributed by atoms with E-state index in [2.05, 4.69) is 17.1 Å². The minimum Gasteiger partial charge on any atom is -0.493 e. The molecule has 39 heavy (non-hydrogen) atoms. The molecule has 1 fully saturated rings. The van der Waals surface area contributed by atoms with Crippen LogP contribution in [0.4, 0.5) is 5.69 Å². The van der Waals surface area contributed by atoms with Crippen LogP contribution in [-0.4, -0.2) is 67.2 Å². The molecule has 2 aromatic carbocycles. The summed E-state index contributed by atoms with van der Waals surface area (Å²) in [7, 11) is 3.22. The number of likely N-dealkylation sites (tertiary alicyclic amines) is 1. The number of piperidine rings is 1. The van der Waals surface area contributed by atoms with E-state index in [0.717, 1.165) is 30.5 Å². The Bertz CT molecular complexity index is 1310. The zero-order valence-electron chi connectivity index (χ0n) is 22.0. The molecule has 1 aliphatic carbocycles. The van der Waals surface area contributed by atoms with Gasteiger partial charge in [0, 0.05) is 30.1 Å². The summed E-state index contributed by atoms with van der Waals surface area (Å²) in [4.78, 5) is 28.6. The summed E-state index contributed by atoms with van der Waals surface area (Å²) >= 11 is 12.2. The molecule has 0 aromatic heterocycles. The summed E-state index contributed by atoms with van der Waals surface area (Å²) in [6, 6.07) is 8.87. The van der Waals surface area contributed by atoms with Crippen molar-refractivity contribution in [2.24, 2.45) is 16.9 Å². The zero-order valence-corrected chi connectivity index (χ0v) is 23.5. The predicted octanol–water partition coefficient (Wildman–Crippen LogP) is 5.07. The van der Waals surface area contributed by atoms with E-state index in [9.17, 15) is 9.59 Å². The number of carbonyl (C=O) groups excluding carboxylic acids is 2. The average Bonchev–Trinajstić information content (AvgIpc) is 2.96. The van der Waals surface area contributed by atoms with Crippen LogP contribution in [-0.2, 0) is 4.79 Å². The zero-order chi connectivity index (χ0) is 27.7. The van der Waals surface area contributed by atoms with Crippen molar-refractivity contribution in [1.82, 2.24) is 9.91 Å². The number of methoxy groups -OCH3 is 2. The van der Waals surface area contributed by atoms with Crippen molar-refractivity contribution in [3.8, 4) is 11.5 Å². The maximum Gasteiger partial charge on any atom is 0.247 e. The molecule has 1 amide bonds. The molecule has 206 valence electrons. The summed E-state index contributed by atoms with van der Waals surface area (Å²) in [6.07, 6.45) is 7.15. The second kappa shape index (κ2) is 11.6. The second-order valence-corrected chi connectivity index (χ2v) is 11.0. The van der Waals surface area contributed by atoms with Gasteiger partial charge < -0.3 is 15.2 Å². The van der Waals surface area contributed by atoms with Crippen LogP contribution in [0.25, 0.3) is 0 Å². The third kappa shape index (κ3) is 5.51. The van der Waals surface area contributed by atoms with Gasteiger partial charge in [-0.2, -0.15) is 5.10 Å². The first-order valence-corrected chi connectivity index (χ1v) is 13.8. The number of carbonyl (C=O) groups is 2. The molecule has 5 rings (SSSR count). The smallest absolute Gasteiger partial charge is 0.247 e. The predicted molar refractivity (Wildman–Crippen MR) is 153 cm³/mol. The molecule has 2 aromatic rings. The van der Waals surface area contributed by atoms with Crippen molar-refractivity contribution >= 4 is 46.3 Å². The van der Waals surface area contributed by atoms with Crippen LogP contribution in [0.5, 0.6) is 11.5 Å². The fourth-order valence-corrected chi connectivity index (χ4v) is 6.18. The van der Waals surface area contributed by atoms with Gasteiger partial charge in [-0.15, -0.1) is 0 Å². The Morgan fingerprint density at radius 2 is 1.64 bits per heavy atom. The molecule has 10 heteroatoms. The monoisotopic (exact) mass is 570 g/mol. The van der Waals surface area contributed by atoms with E-state index in [-0.39, 0.29) is 51.8 Å². The molecule has 2 atom stereocenters. The highest BCUT2D eigenvalue weighted by atomic mass is 35.5. The Hall–Kier alpha value is -3.07. The molecule has 0 bridgehead atoms. The number of nitrogen functional groups attached to an aromatic ring is 1. The third-order valence-electron chi connectivity index (χ3n) is 7.89. The fraction of sp³-hybridized carbons (Fsp3) is 0.414. The lowest BCUT2D eigenvalue weighted by atomic mass is 9.76. The Morgan fingerprint density at radius 1 is 1.00 bits per heavy atom. The van der Waals surface area contributed by atoms with Crippen molar-refractivity contribution in [1.29, 1.82) is 0 Å². The molecule has 0 saturated carbocycles. The molecular formula is C29H32Cl2N4O4. The highest BCUT2D eigenvalue weighted by molar-refractivity contribution is 6.39. The SMILES string of the molecule is COc1ccc(C2=NN(C3CCN(CC(=O)c4cc(Cl)c(N)c(Cl)c4)CC3)C(=O)[C@@H]3CC=CC[C@H]23)cc1OC. The van der Waals surface area contributed by atoms with Gasteiger partial charge in [-0.3, -0.25) is 14.5 Å². The summed E-state index contributed by atoms with van der Waals surface area (Å²) in [5.74, 6) is 1.16. The van der Waals surface area contributed by atoms with E-state index in [4.69, 9.17) is 43.5 Å². The number of hydrogen-bond donors (Lipinski definition) is 1. The van der Waals surface area contributed by atoms with Crippen LogP contribution in [0.1, 0.15) is 41.6 Å². The average molecular weight is 572 g/mol. The Kier molecular flexibility index (Phi) is 8.16. The van der Waals surface area contributed by atoms with E-state index in [1.54, 1.807) is 31.4 Å². The Balaban J connectivity index is 1.32. The lowest BCUT2D eigenvalue weighted by Crippen LogP contribution is -2.52. The van der Waals surface area contributed by atoms with E-state index < -0.39 is 0 Å². The van der Waals surface area contributed by atoms with Crippen molar-refractivity contribution in [3.05, 3.63) is 63.7 Å². The molecule has 0 unspecified atom stereocenters. The molecule has 2 N–H and O–H groups in total. The van der Waals surface area contributed by atoms with Gasteiger partial charge in [0.15, 0.2) is 17.3 Å². The standard InChI is InChI=1S/C29H32Cl2N4O4/c1-38-25-8-7-17(15-26(25)39-2)28-20-5-3-4-6-21(20)29(37)35(33-28)19-9-11-34(12-10-19)16-24(36)18-13-22(30)27(32)23(31)14-18/h3-4,7-8,13-15,19-21H,5-6,9-12,16,32H2,1-2H3/t20-,21+/m0/s1. The fourth-order valence-electron chi connectivity index (χ4n) is 5.69. The van der Waals surface area contributed by atoms with Gasteiger partial charge in [-0.1, -0.05) is 35.4 Å². The number of nitrogens with zero attached hydrogens (tertiary/aromatic N) is 3. The molecule has 2 heterocycles. The number of fused-ring (bicyclic) bond motifs is 1. The number of hydrazone groups is 1. The number of amides is 1. The van der Waals surface area contributed by atoms with Crippen LogP contribution in [0, 0.1) is 11.8 Å². The van der Waals surface area contributed by atoms with Gasteiger partial charge in [0.05, 0.1) is 54.2 Å². The summed E-state index contributed by atoms with van der Waals surface area (Å²) in [5, 5.41) is 7.23. The number of Topliss-reactive ketones (excluding diaryl/α,β-unsaturated/α-hetero) is 1. The van der Waals surface area contributed by atoms with Crippen molar-refractivity contribution < 1.29 is 19.1 Å². The summed E-state index contributed by atoms with van der Waals surface area (Å²) in [6.45, 7) is 1.59. The number of nitrogens with two attached hydrogens (primary N) is 1. The van der Waals surface area contributed by atoms with Gasteiger partial charge in [0.25, 0.3) is 0 Å². The number of rotatable bonds is 7. The molecular weight excluding hydrogens is 539 g/mol. The van der Waals surface area contributed by atoms with Gasteiger partial charge >= 0.3 is 0 Å². The first-order valence-electron chi connectivity index (χ1n) is 13.1. The normalized spacial score (nSPS) is 21.9. The third-order valence-corrected chi connectivity index (χ3v) is 8.52. The molecule has 0 spiro atoms. The molecule has 8 nitrogen and oxygen atoms in total. The lowest BCUT2D eigenvalue weighted by Gasteiger charge is -2.42.